The largest absolute Gasteiger partial charge is 0.478 e. The number of benzene rings is 1. The van der Waals surface area contributed by atoms with Gasteiger partial charge in [0.05, 0.1) is 0 Å². The molecule has 0 spiro atoms. The van der Waals surface area contributed by atoms with Crippen molar-refractivity contribution in [2.45, 2.75) is 12.8 Å². The van der Waals surface area contributed by atoms with Gasteiger partial charge in [-0.25, -0.2) is 9.18 Å². The van der Waals surface area contributed by atoms with E-state index < -0.39 is 5.97 Å². The summed E-state index contributed by atoms with van der Waals surface area (Å²) in [7, 11) is 0. The second-order valence-electron chi connectivity index (χ2n) is 3.31. The highest BCUT2D eigenvalue weighted by Crippen LogP contribution is 2.32. The molecule has 1 aromatic carbocycles. The van der Waals surface area contributed by atoms with Gasteiger partial charge in [0.1, 0.15) is 5.82 Å². The van der Waals surface area contributed by atoms with E-state index in [1.807, 2.05) is 0 Å². The van der Waals surface area contributed by atoms with Crippen molar-refractivity contribution < 1.29 is 14.3 Å². The number of allylic oxidation sites excluding steroid dienone is 1. The molecule has 0 atom stereocenters. The molecule has 0 bridgehead atoms. The van der Waals surface area contributed by atoms with Gasteiger partial charge in [0.15, 0.2) is 0 Å². The molecule has 0 heterocycles. The quantitative estimate of drug-likeness (QED) is 0.693. The number of carboxylic acids is 1. The summed E-state index contributed by atoms with van der Waals surface area (Å²) in [6.07, 6.45) is 2.61. The Kier molecular flexibility index (Phi) is 2.08. The van der Waals surface area contributed by atoms with Gasteiger partial charge in [-0.1, -0.05) is 6.07 Å². The number of aliphatic carboxylic acids is 1. The van der Waals surface area contributed by atoms with Crippen molar-refractivity contribution in [1.82, 2.24) is 0 Å². The number of hydrogen-bond donors (Lipinski definition) is 1. The maximum absolute atomic E-state index is 12.8. The van der Waals surface area contributed by atoms with Crippen LogP contribution in [-0.4, -0.2) is 11.1 Å². The molecular formula is C11H9FO2. The Hall–Kier alpha value is -1.64. The van der Waals surface area contributed by atoms with Gasteiger partial charge in [-0.05, 0) is 41.7 Å². The zero-order valence-electron chi connectivity index (χ0n) is 7.46. The molecule has 0 amide bonds. The van der Waals surface area contributed by atoms with E-state index in [9.17, 15) is 9.18 Å². The lowest BCUT2D eigenvalue weighted by Gasteiger charge is -1.99. The summed E-state index contributed by atoms with van der Waals surface area (Å²) in [4.78, 5) is 10.5. The van der Waals surface area contributed by atoms with Gasteiger partial charge in [0, 0.05) is 6.08 Å². The number of carbonyl (C=O) groups is 1. The molecule has 1 aromatic rings. The molecule has 2 rings (SSSR count). The third-order valence-corrected chi connectivity index (χ3v) is 2.37. The van der Waals surface area contributed by atoms with Crippen LogP contribution in [0.2, 0.25) is 0 Å². The van der Waals surface area contributed by atoms with Crippen molar-refractivity contribution in [3.63, 3.8) is 0 Å². The predicted molar refractivity (Wildman–Crippen MR) is 50.3 cm³/mol. The fourth-order valence-corrected chi connectivity index (χ4v) is 1.79. The molecule has 0 aromatic heterocycles. The average molecular weight is 192 g/mol. The Balaban J connectivity index is 2.45. The Morgan fingerprint density at radius 2 is 2.21 bits per heavy atom. The van der Waals surface area contributed by atoms with Crippen LogP contribution >= 0.6 is 0 Å². The van der Waals surface area contributed by atoms with E-state index in [0.29, 0.717) is 6.42 Å². The monoisotopic (exact) mass is 192 g/mol. The maximum atomic E-state index is 12.8. The van der Waals surface area contributed by atoms with Crippen LogP contribution in [0.3, 0.4) is 0 Å². The molecule has 14 heavy (non-hydrogen) atoms. The summed E-state index contributed by atoms with van der Waals surface area (Å²) in [6.45, 7) is 0. The molecule has 0 aliphatic heterocycles. The van der Waals surface area contributed by atoms with E-state index in [4.69, 9.17) is 5.11 Å². The molecule has 2 nitrogen and oxygen atoms in total. The zero-order valence-corrected chi connectivity index (χ0v) is 7.46. The van der Waals surface area contributed by atoms with Crippen LogP contribution in [0.15, 0.2) is 24.3 Å². The first-order valence-corrected chi connectivity index (χ1v) is 4.39. The summed E-state index contributed by atoms with van der Waals surface area (Å²) >= 11 is 0. The Labute approximate surface area is 80.7 Å². The molecule has 0 saturated heterocycles. The molecule has 3 heteroatoms. The lowest BCUT2D eigenvalue weighted by atomic mass is 10.1. The second kappa shape index (κ2) is 3.25. The van der Waals surface area contributed by atoms with Crippen molar-refractivity contribution in [1.29, 1.82) is 0 Å². The van der Waals surface area contributed by atoms with Gasteiger partial charge in [-0.2, -0.15) is 0 Å². The average Bonchev–Trinajstić information content (AvgIpc) is 2.47. The molecule has 0 unspecified atom stereocenters. The van der Waals surface area contributed by atoms with E-state index in [1.54, 1.807) is 6.07 Å². The highest BCUT2D eigenvalue weighted by Gasteiger charge is 2.17. The number of carboxylic acid groups (broad SMARTS) is 1. The molecule has 1 aliphatic rings. The lowest BCUT2D eigenvalue weighted by molar-refractivity contribution is -0.131. The summed E-state index contributed by atoms with van der Waals surface area (Å²) < 4.78 is 12.8. The van der Waals surface area contributed by atoms with Crippen LogP contribution in [0.5, 0.6) is 0 Å². The summed E-state index contributed by atoms with van der Waals surface area (Å²) in [6, 6.07) is 4.48. The number of halogens is 1. The number of rotatable bonds is 1. The van der Waals surface area contributed by atoms with E-state index in [-0.39, 0.29) is 5.82 Å². The molecule has 0 radical (unpaired) electrons. The topological polar surface area (TPSA) is 37.3 Å². The Bertz CT molecular complexity index is 421. The van der Waals surface area contributed by atoms with Crippen molar-refractivity contribution in [3.8, 4) is 0 Å². The standard InChI is InChI=1S/C11H9FO2/c12-9-3-4-10-7(5-9)1-2-8(10)6-11(13)14/h3-6H,1-2H2,(H,13,14)/b8-6-. The van der Waals surface area contributed by atoms with Crippen LogP contribution in [0.1, 0.15) is 17.5 Å². The number of hydrogen-bond acceptors (Lipinski definition) is 1. The zero-order chi connectivity index (χ0) is 10.1. The van der Waals surface area contributed by atoms with Crippen molar-refractivity contribution >= 4 is 11.5 Å². The smallest absolute Gasteiger partial charge is 0.328 e. The van der Waals surface area contributed by atoms with Gasteiger partial charge < -0.3 is 5.11 Å². The predicted octanol–water partition coefficient (Wildman–Crippen LogP) is 2.24. The molecule has 72 valence electrons. The minimum atomic E-state index is -0.947. The van der Waals surface area contributed by atoms with Crippen LogP contribution in [-0.2, 0) is 11.2 Å². The van der Waals surface area contributed by atoms with E-state index >= 15 is 0 Å². The van der Waals surface area contributed by atoms with E-state index in [2.05, 4.69) is 0 Å². The Morgan fingerprint density at radius 3 is 2.93 bits per heavy atom. The minimum Gasteiger partial charge on any atom is -0.478 e. The summed E-state index contributed by atoms with van der Waals surface area (Å²) in [5.74, 6) is -1.21. The first-order chi connectivity index (χ1) is 6.66. The van der Waals surface area contributed by atoms with Crippen LogP contribution in [0.4, 0.5) is 4.39 Å². The molecule has 0 fully saturated rings. The fraction of sp³-hybridized carbons (Fsp3) is 0.182. The van der Waals surface area contributed by atoms with Crippen LogP contribution in [0, 0.1) is 5.82 Å². The van der Waals surface area contributed by atoms with Crippen molar-refractivity contribution in [2.24, 2.45) is 0 Å². The van der Waals surface area contributed by atoms with Gasteiger partial charge in [-0.15, -0.1) is 0 Å². The summed E-state index contributed by atoms with van der Waals surface area (Å²) in [5, 5.41) is 8.60. The number of aryl methyl sites for hydroxylation is 1. The maximum Gasteiger partial charge on any atom is 0.328 e. The highest BCUT2D eigenvalue weighted by molar-refractivity contribution is 5.91. The molecule has 0 saturated carbocycles. The molecular weight excluding hydrogens is 183 g/mol. The first kappa shape index (κ1) is 8.94. The van der Waals surface area contributed by atoms with Gasteiger partial charge in [0.25, 0.3) is 0 Å². The lowest BCUT2D eigenvalue weighted by Crippen LogP contribution is -1.90. The van der Waals surface area contributed by atoms with E-state index in [0.717, 1.165) is 23.1 Å². The molecule has 1 aliphatic carbocycles. The molecule has 1 N–H and O–H groups in total. The van der Waals surface area contributed by atoms with E-state index in [1.165, 1.54) is 18.2 Å². The van der Waals surface area contributed by atoms with Crippen LogP contribution < -0.4 is 0 Å². The van der Waals surface area contributed by atoms with Gasteiger partial charge in [-0.3, -0.25) is 0 Å². The van der Waals surface area contributed by atoms with Crippen LogP contribution in [0.25, 0.3) is 5.57 Å². The SMILES string of the molecule is O=C(O)/C=C1/CCc2cc(F)ccc21. The van der Waals surface area contributed by atoms with Crippen molar-refractivity contribution in [3.05, 3.63) is 41.2 Å². The first-order valence-electron chi connectivity index (χ1n) is 4.39. The Morgan fingerprint density at radius 1 is 1.43 bits per heavy atom. The van der Waals surface area contributed by atoms with Gasteiger partial charge >= 0.3 is 5.97 Å². The third-order valence-electron chi connectivity index (χ3n) is 2.37. The normalized spacial score (nSPS) is 17.1. The highest BCUT2D eigenvalue weighted by atomic mass is 19.1. The third kappa shape index (κ3) is 1.53. The summed E-state index contributed by atoms with van der Waals surface area (Å²) in [5.41, 5.74) is 2.55. The van der Waals surface area contributed by atoms with Gasteiger partial charge in [0.2, 0.25) is 0 Å². The second-order valence-corrected chi connectivity index (χ2v) is 3.31. The minimum absolute atomic E-state index is 0.264. The fourth-order valence-electron chi connectivity index (χ4n) is 1.79. The number of fused-ring (bicyclic) bond motifs is 1. The van der Waals surface area contributed by atoms with Crippen molar-refractivity contribution in [2.75, 3.05) is 0 Å².